The summed E-state index contributed by atoms with van der Waals surface area (Å²) in [5.74, 6) is 0. The molecular weight excluding hydrogens is 556 g/mol. The highest BCUT2D eigenvalue weighted by molar-refractivity contribution is 6.02. The summed E-state index contributed by atoms with van der Waals surface area (Å²) in [5.41, 5.74) is 8.11. The molecule has 2 N–H and O–H groups in total. The van der Waals surface area contributed by atoms with Crippen molar-refractivity contribution in [2.75, 3.05) is 0 Å². The van der Waals surface area contributed by atoms with E-state index in [1.807, 2.05) is 0 Å². The van der Waals surface area contributed by atoms with Crippen LogP contribution in [0.5, 0.6) is 0 Å². The molecule has 46 heavy (non-hydrogen) atoms. The first kappa shape index (κ1) is 28.5. The van der Waals surface area contributed by atoms with E-state index in [1.54, 1.807) is 0 Å². The van der Waals surface area contributed by atoms with Gasteiger partial charge in [0.05, 0.1) is 12.1 Å². The Morgan fingerprint density at radius 1 is 0.500 bits per heavy atom. The predicted molar refractivity (Wildman–Crippen MR) is 199 cm³/mol. The lowest BCUT2D eigenvalue weighted by Crippen LogP contribution is -2.35. The molecule has 0 aromatic heterocycles. The van der Waals surface area contributed by atoms with E-state index >= 15 is 0 Å². The zero-order valence-electron chi connectivity index (χ0n) is 26.0. The SMILES string of the molecule is C1=Cc2c(cc3ccccc3c2CN[C@@H](c2ccccc2)[C@@H](NCc2c3ccccc3cc3ccccc23)c2ccccc2)CC1.[HH].[HH]. The fourth-order valence-corrected chi connectivity index (χ4v) is 7.45. The number of fused-ring (bicyclic) bond motifs is 4. The van der Waals surface area contributed by atoms with E-state index in [1.165, 1.54) is 65.7 Å². The van der Waals surface area contributed by atoms with Crippen LogP contribution in [0.1, 0.15) is 54.7 Å². The normalized spacial score (nSPS) is 14.0. The molecular formula is C44H42N2. The monoisotopic (exact) mass is 598 g/mol. The van der Waals surface area contributed by atoms with Gasteiger partial charge in [0.1, 0.15) is 0 Å². The molecule has 0 bridgehead atoms. The van der Waals surface area contributed by atoms with E-state index in [0.29, 0.717) is 0 Å². The van der Waals surface area contributed by atoms with Crippen LogP contribution in [0.3, 0.4) is 0 Å². The van der Waals surface area contributed by atoms with Crippen LogP contribution in [0, 0.1) is 0 Å². The molecule has 228 valence electrons. The van der Waals surface area contributed by atoms with E-state index in [9.17, 15) is 0 Å². The van der Waals surface area contributed by atoms with Crippen molar-refractivity contribution in [3.63, 3.8) is 0 Å². The molecule has 1 aliphatic rings. The number of rotatable bonds is 9. The third-order valence-electron chi connectivity index (χ3n) is 9.68. The Kier molecular flexibility index (Phi) is 7.90. The zero-order valence-corrected chi connectivity index (χ0v) is 26.0. The lowest BCUT2D eigenvalue weighted by molar-refractivity contribution is 0.382. The topological polar surface area (TPSA) is 24.1 Å². The van der Waals surface area contributed by atoms with Crippen LogP contribution in [0.2, 0.25) is 0 Å². The molecule has 2 heteroatoms. The second-order valence-corrected chi connectivity index (χ2v) is 12.4. The van der Waals surface area contributed by atoms with Crippen molar-refractivity contribution in [2.24, 2.45) is 0 Å². The summed E-state index contributed by atoms with van der Waals surface area (Å²) in [6, 6.07) is 53.1. The van der Waals surface area contributed by atoms with Crippen LogP contribution >= 0.6 is 0 Å². The average molecular weight is 599 g/mol. The van der Waals surface area contributed by atoms with Gasteiger partial charge >= 0.3 is 0 Å². The second kappa shape index (κ2) is 12.8. The van der Waals surface area contributed by atoms with Gasteiger partial charge in [0, 0.05) is 15.9 Å². The molecule has 1 aliphatic carbocycles. The highest BCUT2D eigenvalue weighted by Crippen LogP contribution is 2.35. The molecule has 0 aliphatic heterocycles. The Morgan fingerprint density at radius 2 is 0.957 bits per heavy atom. The third-order valence-corrected chi connectivity index (χ3v) is 9.68. The van der Waals surface area contributed by atoms with Crippen molar-refractivity contribution >= 4 is 38.4 Å². The second-order valence-electron chi connectivity index (χ2n) is 12.4. The first-order valence-electron chi connectivity index (χ1n) is 16.5. The van der Waals surface area contributed by atoms with Gasteiger partial charge in [0.25, 0.3) is 0 Å². The summed E-state index contributed by atoms with van der Waals surface area (Å²) < 4.78 is 0. The predicted octanol–water partition coefficient (Wildman–Crippen LogP) is 11.0. The number of benzene rings is 7. The molecule has 0 radical (unpaired) electrons. The minimum atomic E-state index is 0. The molecule has 0 amide bonds. The maximum absolute atomic E-state index is 4.11. The molecule has 7 aromatic rings. The summed E-state index contributed by atoms with van der Waals surface area (Å²) in [6.07, 6.45) is 6.88. The van der Waals surface area contributed by atoms with E-state index in [4.69, 9.17) is 0 Å². The molecule has 7 aromatic carbocycles. The summed E-state index contributed by atoms with van der Waals surface area (Å²) in [7, 11) is 0. The van der Waals surface area contributed by atoms with Crippen LogP contribution in [0.15, 0.2) is 152 Å². The molecule has 8 rings (SSSR count). The van der Waals surface area contributed by atoms with Crippen LogP contribution in [0.4, 0.5) is 0 Å². The number of hydrogen-bond donors (Lipinski definition) is 2. The van der Waals surface area contributed by atoms with Crippen LogP contribution in [0.25, 0.3) is 38.4 Å². The van der Waals surface area contributed by atoms with Gasteiger partial charge in [-0.15, -0.1) is 0 Å². The summed E-state index contributed by atoms with van der Waals surface area (Å²) in [4.78, 5) is 0. The first-order chi connectivity index (χ1) is 22.8. The van der Waals surface area contributed by atoms with Gasteiger partial charge in [-0.05, 0) is 84.6 Å². The van der Waals surface area contributed by atoms with E-state index in [2.05, 4.69) is 168 Å². The minimum absolute atomic E-state index is 0. The first-order valence-corrected chi connectivity index (χ1v) is 16.5. The molecule has 2 atom stereocenters. The molecule has 2 nitrogen and oxygen atoms in total. The molecule has 0 fully saturated rings. The van der Waals surface area contributed by atoms with Crippen LogP contribution in [-0.2, 0) is 19.5 Å². The smallest absolute Gasteiger partial charge is 0.0521 e. The Hall–Kier alpha value is -5.02. The van der Waals surface area contributed by atoms with E-state index < -0.39 is 0 Å². The Balaban J connectivity index is 0.00000201. The van der Waals surface area contributed by atoms with Crippen LogP contribution in [-0.4, -0.2) is 0 Å². The van der Waals surface area contributed by atoms with Crippen molar-refractivity contribution < 1.29 is 2.85 Å². The third kappa shape index (κ3) is 5.51. The van der Waals surface area contributed by atoms with Gasteiger partial charge in [-0.3, -0.25) is 0 Å². The Labute approximate surface area is 274 Å². The maximum atomic E-state index is 4.11. The molecule has 0 spiro atoms. The van der Waals surface area contributed by atoms with Crippen molar-refractivity contribution in [3.05, 3.63) is 185 Å². The van der Waals surface area contributed by atoms with Gasteiger partial charge in [-0.2, -0.15) is 0 Å². The quantitative estimate of drug-likeness (QED) is 0.162. The molecule has 0 saturated heterocycles. The Bertz CT molecular complexity index is 2120. The van der Waals surface area contributed by atoms with Crippen LogP contribution < -0.4 is 10.6 Å². The molecule has 0 heterocycles. The van der Waals surface area contributed by atoms with Crippen molar-refractivity contribution in [2.45, 2.75) is 38.0 Å². The fourth-order valence-electron chi connectivity index (χ4n) is 7.45. The van der Waals surface area contributed by atoms with Gasteiger partial charge in [0.2, 0.25) is 0 Å². The van der Waals surface area contributed by atoms with Gasteiger partial charge in [0.15, 0.2) is 0 Å². The standard InChI is InChI=1S/C44H38N2.2H2/c1-3-15-31(16-4-1)43(45-29-41-37-23-11-7-19-33(37)27-34-20-8-12-24-38(34)41)44(32-17-5-2-6-18-32)46-30-42-39-25-13-9-21-35(39)28-36-22-10-14-26-40(36)42;;/h1-9,11-21,23-28,43-46H,10,22,29-30H2;2*1H/t43-,44-;;/m0../s1. The highest BCUT2D eigenvalue weighted by Gasteiger charge is 2.26. The summed E-state index contributed by atoms with van der Waals surface area (Å²) >= 11 is 0. The molecule has 0 unspecified atom stereocenters. The number of nitrogens with one attached hydrogen (secondary N) is 2. The average Bonchev–Trinajstić information content (AvgIpc) is 3.12. The number of aryl methyl sites for hydroxylation is 1. The van der Waals surface area contributed by atoms with Crippen molar-refractivity contribution in [1.82, 2.24) is 10.6 Å². The van der Waals surface area contributed by atoms with Crippen molar-refractivity contribution in [3.8, 4) is 0 Å². The lowest BCUT2D eigenvalue weighted by atomic mass is 9.88. The van der Waals surface area contributed by atoms with E-state index in [-0.39, 0.29) is 14.9 Å². The molecule has 0 saturated carbocycles. The van der Waals surface area contributed by atoms with Gasteiger partial charge in [-0.1, -0.05) is 152 Å². The summed E-state index contributed by atoms with van der Waals surface area (Å²) in [6.45, 7) is 1.52. The largest absolute Gasteiger partial charge is 0.304 e. The fraction of sp³-hybridized carbons (Fsp3) is 0.136. The number of hydrogen-bond acceptors (Lipinski definition) is 2. The lowest BCUT2D eigenvalue weighted by Gasteiger charge is -2.31. The Morgan fingerprint density at radius 3 is 1.52 bits per heavy atom. The highest BCUT2D eigenvalue weighted by atomic mass is 15.0. The van der Waals surface area contributed by atoms with Gasteiger partial charge in [-0.25, -0.2) is 0 Å². The van der Waals surface area contributed by atoms with E-state index in [0.717, 1.165) is 25.9 Å². The zero-order chi connectivity index (χ0) is 30.7. The summed E-state index contributed by atoms with van der Waals surface area (Å²) in [5, 5.41) is 16.0. The number of allylic oxidation sites excluding steroid dienone is 1. The minimum Gasteiger partial charge on any atom is -0.304 e. The maximum Gasteiger partial charge on any atom is 0.0521 e. The van der Waals surface area contributed by atoms with Gasteiger partial charge < -0.3 is 10.6 Å². The van der Waals surface area contributed by atoms with Crippen molar-refractivity contribution in [1.29, 1.82) is 0 Å².